The van der Waals surface area contributed by atoms with E-state index in [-0.39, 0.29) is 0 Å². The largest absolute Gasteiger partial charge is 0.357 e. The van der Waals surface area contributed by atoms with Crippen LogP contribution in [0.3, 0.4) is 0 Å². The van der Waals surface area contributed by atoms with Crippen molar-refractivity contribution in [2.45, 2.75) is 6.61 Å². The molecule has 3 heteroatoms. The van der Waals surface area contributed by atoms with Crippen LogP contribution in [-0.4, -0.2) is 6.73 Å². The molecule has 0 saturated carbocycles. The zero-order chi connectivity index (χ0) is 6.10. The van der Waals surface area contributed by atoms with Crippen molar-refractivity contribution in [3.05, 3.63) is 17.0 Å². The van der Waals surface area contributed by atoms with Crippen molar-refractivity contribution in [3.63, 3.8) is 0 Å². The van der Waals surface area contributed by atoms with Gasteiger partial charge in [-0.2, -0.15) is 0 Å². The number of fused-ring (bicyclic) bond motifs is 1. The fourth-order valence-electron chi connectivity index (χ4n) is 0.882. The van der Waals surface area contributed by atoms with Crippen molar-refractivity contribution in [2.75, 3.05) is 12.0 Å². The van der Waals surface area contributed by atoms with Crippen molar-refractivity contribution in [2.24, 2.45) is 0 Å². The number of hydrogen-bond donors (Lipinski definition) is 1. The van der Waals surface area contributed by atoms with E-state index in [0.717, 1.165) is 6.61 Å². The lowest BCUT2D eigenvalue weighted by atomic mass is 10.3. The lowest BCUT2D eigenvalue weighted by Gasteiger charge is -2.13. The van der Waals surface area contributed by atoms with Gasteiger partial charge in [-0.15, -0.1) is 11.3 Å². The molecule has 1 N–H and O–H groups in total. The summed E-state index contributed by atoms with van der Waals surface area (Å²) in [7, 11) is 0. The summed E-state index contributed by atoms with van der Waals surface area (Å²) in [4.78, 5) is 0. The molecule has 0 saturated heterocycles. The normalized spacial score (nSPS) is 16.4. The zero-order valence-corrected chi connectivity index (χ0v) is 5.70. The van der Waals surface area contributed by atoms with E-state index < -0.39 is 0 Å². The van der Waals surface area contributed by atoms with Crippen molar-refractivity contribution in [1.82, 2.24) is 0 Å². The van der Waals surface area contributed by atoms with Crippen LogP contribution in [0.4, 0.5) is 5.00 Å². The third-order valence-electron chi connectivity index (χ3n) is 1.34. The van der Waals surface area contributed by atoms with Gasteiger partial charge in [0.25, 0.3) is 0 Å². The zero-order valence-electron chi connectivity index (χ0n) is 4.89. The Morgan fingerprint density at radius 3 is 3.56 bits per heavy atom. The van der Waals surface area contributed by atoms with E-state index in [2.05, 4.69) is 16.8 Å². The van der Waals surface area contributed by atoms with Gasteiger partial charge in [0.15, 0.2) is 0 Å². The molecule has 0 aliphatic carbocycles. The number of anilines is 1. The van der Waals surface area contributed by atoms with Crippen LogP contribution >= 0.6 is 11.3 Å². The Bertz CT molecular complexity index is 188. The van der Waals surface area contributed by atoms with Gasteiger partial charge in [-0.05, 0) is 11.4 Å². The van der Waals surface area contributed by atoms with E-state index in [9.17, 15) is 0 Å². The van der Waals surface area contributed by atoms with Crippen molar-refractivity contribution < 1.29 is 4.74 Å². The van der Waals surface area contributed by atoms with Gasteiger partial charge >= 0.3 is 0 Å². The first-order valence-electron chi connectivity index (χ1n) is 2.85. The molecule has 1 aromatic rings. The topological polar surface area (TPSA) is 21.3 Å². The second kappa shape index (κ2) is 2.01. The molecule has 0 aromatic carbocycles. The van der Waals surface area contributed by atoms with Crippen LogP contribution in [-0.2, 0) is 11.3 Å². The first-order chi connectivity index (χ1) is 4.47. The predicted octanol–water partition coefficient (Wildman–Crippen LogP) is 1.65. The Morgan fingerprint density at radius 1 is 1.67 bits per heavy atom. The minimum absolute atomic E-state index is 0.660. The smallest absolute Gasteiger partial charge is 0.117 e. The molecule has 1 aliphatic rings. The highest BCUT2D eigenvalue weighted by atomic mass is 32.1. The van der Waals surface area contributed by atoms with Crippen LogP contribution < -0.4 is 5.32 Å². The number of nitrogens with one attached hydrogen (secondary N) is 1. The third kappa shape index (κ3) is 0.821. The Hall–Kier alpha value is -0.540. The summed E-state index contributed by atoms with van der Waals surface area (Å²) in [5.74, 6) is 0. The molecule has 1 aliphatic heterocycles. The minimum Gasteiger partial charge on any atom is -0.357 e. The van der Waals surface area contributed by atoms with E-state index in [0.29, 0.717) is 6.73 Å². The van der Waals surface area contributed by atoms with Crippen LogP contribution in [0.1, 0.15) is 5.56 Å². The van der Waals surface area contributed by atoms with Crippen molar-refractivity contribution in [3.8, 4) is 0 Å². The second-order valence-electron chi connectivity index (χ2n) is 1.94. The lowest BCUT2D eigenvalue weighted by Crippen LogP contribution is -2.11. The Morgan fingerprint density at radius 2 is 2.67 bits per heavy atom. The molecule has 48 valence electrons. The monoisotopic (exact) mass is 141 g/mol. The fourth-order valence-corrected chi connectivity index (χ4v) is 1.67. The van der Waals surface area contributed by atoms with Gasteiger partial charge < -0.3 is 10.1 Å². The molecule has 0 bridgehead atoms. The summed E-state index contributed by atoms with van der Waals surface area (Å²) in [6.45, 7) is 1.43. The van der Waals surface area contributed by atoms with E-state index in [1.807, 2.05) is 0 Å². The minimum atomic E-state index is 0.660. The van der Waals surface area contributed by atoms with E-state index >= 15 is 0 Å². The number of ether oxygens (including phenoxy) is 1. The molecule has 1 aromatic heterocycles. The van der Waals surface area contributed by atoms with Gasteiger partial charge in [-0.3, -0.25) is 0 Å². The fraction of sp³-hybridized carbons (Fsp3) is 0.333. The summed E-state index contributed by atoms with van der Waals surface area (Å²) >= 11 is 1.73. The molecular weight excluding hydrogens is 134 g/mol. The number of rotatable bonds is 0. The van der Waals surface area contributed by atoms with Crippen LogP contribution in [0.25, 0.3) is 0 Å². The van der Waals surface area contributed by atoms with Gasteiger partial charge in [-0.1, -0.05) is 0 Å². The molecule has 0 spiro atoms. The average molecular weight is 141 g/mol. The van der Waals surface area contributed by atoms with Crippen LogP contribution in [0.2, 0.25) is 0 Å². The van der Waals surface area contributed by atoms with Crippen molar-refractivity contribution >= 4 is 16.3 Å². The summed E-state index contributed by atoms with van der Waals surface area (Å²) in [6, 6.07) is 2.09. The predicted molar refractivity (Wildman–Crippen MR) is 37.6 cm³/mol. The van der Waals surface area contributed by atoms with E-state index in [1.54, 1.807) is 11.3 Å². The Kier molecular flexibility index (Phi) is 1.17. The Labute approximate surface area is 57.5 Å². The first-order valence-corrected chi connectivity index (χ1v) is 3.73. The van der Waals surface area contributed by atoms with E-state index in [4.69, 9.17) is 4.74 Å². The maximum absolute atomic E-state index is 5.15. The lowest BCUT2D eigenvalue weighted by molar-refractivity contribution is 0.131. The SMILES string of the molecule is c1cc2c(s1)NCOC2. The summed E-state index contributed by atoms with van der Waals surface area (Å²) in [6.07, 6.45) is 0. The molecular formula is C6H7NOS. The van der Waals surface area contributed by atoms with Crippen LogP contribution in [0.5, 0.6) is 0 Å². The molecule has 0 unspecified atom stereocenters. The van der Waals surface area contributed by atoms with Gasteiger partial charge in [-0.25, -0.2) is 0 Å². The van der Waals surface area contributed by atoms with Crippen LogP contribution in [0, 0.1) is 0 Å². The summed E-state index contributed by atoms with van der Waals surface area (Å²) in [5, 5.41) is 6.48. The first kappa shape index (κ1) is 5.26. The number of hydrogen-bond acceptors (Lipinski definition) is 3. The quantitative estimate of drug-likeness (QED) is 0.593. The highest BCUT2D eigenvalue weighted by molar-refractivity contribution is 7.14. The average Bonchev–Trinajstić information content (AvgIpc) is 2.33. The van der Waals surface area contributed by atoms with Gasteiger partial charge in [0.05, 0.1) is 11.6 Å². The molecule has 0 fully saturated rings. The van der Waals surface area contributed by atoms with Gasteiger partial charge in [0, 0.05) is 5.56 Å². The molecule has 9 heavy (non-hydrogen) atoms. The van der Waals surface area contributed by atoms with Gasteiger partial charge in [0.1, 0.15) is 6.73 Å². The molecule has 2 nitrogen and oxygen atoms in total. The molecule has 2 rings (SSSR count). The standard InChI is InChI=1S/C6H7NOS/c1-2-9-6-5(1)3-8-4-7-6/h1-2,7H,3-4H2. The molecule has 0 amide bonds. The van der Waals surface area contributed by atoms with Crippen LogP contribution in [0.15, 0.2) is 11.4 Å². The highest BCUT2D eigenvalue weighted by Gasteiger charge is 2.07. The third-order valence-corrected chi connectivity index (χ3v) is 2.25. The van der Waals surface area contributed by atoms with Crippen molar-refractivity contribution in [1.29, 1.82) is 0 Å². The molecule has 2 heterocycles. The molecule has 0 atom stereocenters. The van der Waals surface area contributed by atoms with Gasteiger partial charge in [0.2, 0.25) is 0 Å². The van der Waals surface area contributed by atoms with E-state index in [1.165, 1.54) is 10.6 Å². The maximum Gasteiger partial charge on any atom is 0.117 e. The second-order valence-corrected chi connectivity index (χ2v) is 2.86. The summed E-state index contributed by atoms with van der Waals surface area (Å²) < 4.78 is 5.15. The summed E-state index contributed by atoms with van der Waals surface area (Å²) in [5.41, 5.74) is 1.28. The highest BCUT2D eigenvalue weighted by Crippen LogP contribution is 2.25. The molecule has 0 radical (unpaired) electrons. The maximum atomic E-state index is 5.15. The number of thiophene rings is 1. The Balaban J connectivity index is 2.39.